The Hall–Kier alpha value is 0.0669. The second kappa shape index (κ2) is 6.52. The van der Waals surface area contributed by atoms with E-state index in [4.69, 9.17) is 4.43 Å². The average molecular weight is 343 g/mol. The van der Waals surface area contributed by atoms with Gasteiger partial charge in [0.1, 0.15) is 0 Å². The maximum absolute atomic E-state index is 12.6. The van der Waals surface area contributed by atoms with E-state index in [1.807, 2.05) is 0 Å². The maximum atomic E-state index is 12.6. The van der Waals surface area contributed by atoms with Gasteiger partial charge in [-0.25, -0.2) is 0 Å². The van der Waals surface area contributed by atoms with Crippen molar-refractivity contribution in [3.63, 3.8) is 0 Å². The van der Waals surface area contributed by atoms with Crippen molar-refractivity contribution in [1.82, 2.24) is 0 Å². The van der Waals surface area contributed by atoms with E-state index in [1.165, 1.54) is 0 Å². The molecular formula is C18H34O2SSi. The van der Waals surface area contributed by atoms with Crippen molar-refractivity contribution in [3.8, 4) is 0 Å². The molecule has 2 nitrogen and oxygen atoms in total. The summed E-state index contributed by atoms with van der Waals surface area (Å²) in [5, 5.41) is 0.292. The molecule has 1 unspecified atom stereocenters. The Morgan fingerprint density at radius 2 is 1.68 bits per heavy atom. The highest BCUT2D eigenvalue weighted by Crippen LogP contribution is 2.50. The molecule has 0 aromatic heterocycles. The lowest BCUT2D eigenvalue weighted by atomic mass is 9.77. The second-order valence-electron chi connectivity index (χ2n) is 8.31. The van der Waals surface area contributed by atoms with Crippen LogP contribution < -0.4 is 0 Å². The lowest BCUT2D eigenvalue weighted by Gasteiger charge is -2.47. The molecule has 0 aromatic carbocycles. The molecule has 4 atom stereocenters. The molecule has 2 rings (SSSR count). The van der Waals surface area contributed by atoms with Crippen LogP contribution in [-0.2, 0) is 15.2 Å². The van der Waals surface area contributed by atoms with Gasteiger partial charge in [-0.2, -0.15) is 0 Å². The minimum Gasteiger partial charge on any atom is -0.411 e. The summed E-state index contributed by atoms with van der Waals surface area (Å²) in [5.74, 6) is 0.729. The van der Waals surface area contributed by atoms with Gasteiger partial charge in [-0.15, -0.1) is 0 Å². The lowest BCUT2D eigenvalue weighted by Crippen LogP contribution is -2.53. The van der Waals surface area contributed by atoms with Crippen LogP contribution in [0.1, 0.15) is 61.3 Å². The molecule has 0 amide bonds. The normalized spacial score (nSPS) is 35.6. The fourth-order valence-corrected chi connectivity index (χ4v) is 12.9. The molecule has 1 saturated heterocycles. The molecule has 1 heterocycles. The third-order valence-electron chi connectivity index (χ3n) is 6.15. The predicted molar refractivity (Wildman–Crippen MR) is 99.2 cm³/mol. The molecule has 0 spiro atoms. The van der Waals surface area contributed by atoms with Crippen LogP contribution in [0, 0.1) is 5.41 Å². The van der Waals surface area contributed by atoms with Crippen molar-refractivity contribution in [3.05, 3.63) is 12.2 Å². The third-order valence-corrected chi connectivity index (χ3v) is 14.3. The van der Waals surface area contributed by atoms with Crippen molar-refractivity contribution in [2.45, 2.75) is 89.3 Å². The lowest BCUT2D eigenvalue weighted by molar-refractivity contribution is 0.0998. The van der Waals surface area contributed by atoms with Crippen molar-refractivity contribution in [2.75, 3.05) is 5.75 Å². The summed E-state index contributed by atoms with van der Waals surface area (Å²) in [4.78, 5) is 0. The van der Waals surface area contributed by atoms with Crippen LogP contribution in [0.5, 0.6) is 0 Å². The van der Waals surface area contributed by atoms with Gasteiger partial charge in [-0.05, 0) is 29.5 Å². The molecule has 1 aliphatic carbocycles. The molecule has 0 aromatic rings. The number of allylic oxidation sites excluding steroid dienone is 1. The van der Waals surface area contributed by atoms with Crippen LogP contribution in [0.15, 0.2) is 12.2 Å². The fourth-order valence-electron chi connectivity index (χ4n) is 4.99. The van der Waals surface area contributed by atoms with Gasteiger partial charge in [-0.3, -0.25) is 4.21 Å². The van der Waals surface area contributed by atoms with Crippen LogP contribution in [0.4, 0.5) is 0 Å². The van der Waals surface area contributed by atoms with Gasteiger partial charge in [0, 0.05) is 27.2 Å². The predicted octanol–water partition coefficient (Wildman–Crippen LogP) is 5.03. The third kappa shape index (κ3) is 2.80. The number of hydrogen-bond donors (Lipinski definition) is 0. The minimum absolute atomic E-state index is 0.0277. The summed E-state index contributed by atoms with van der Waals surface area (Å²) in [7, 11) is -2.65. The Balaban J connectivity index is 2.36. The maximum Gasteiger partial charge on any atom is 0.200 e. The van der Waals surface area contributed by atoms with E-state index in [1.54, 1.807) is 0 Å². The Kier molecular flexibility index (Phi) is 5.46. The summed E-state index contributed by atoms with van der Waals surface area (Å²) in [6.45, 7) is 16.2. The van der Waals surface area contributed by atoms with Crippen molar-refractivity contribution >= 4 is 19.1 Å². The second-order valence-corrected chi connectivity index (χ2v) is 15.4. The highest BCUT2D eigenvalue weighted by molar-refractivity contribution is 7.86. The van der Waals surface area contributed by atoms with Gasteiger partial charge < -0.3 is 4.43 Å². The largest absolute Gasteiger partial charge is 0.411 e. The quantitative estimate of drug-likeness (QED) is 0.517. The van der Waals surface area contributed by atoms with Crippen molar-refractivity contribution < 1.29 is 8.63 Å². The first-order valence-electron chi connectivity index (χ1n) is 8.89. The van der Waals surface area contributed by atoms with E-state index >= 15 is 0 Å². The molecule has 4 heteroatoms. The highest BCUT2D eigenvalue weighted by Gasteiger charge is 2.55. The van der Waals surface area contributed by atoms with Gasteiger partial charge >= 0.3 is 0 Å². The molecule has 0 N–H and O–H groups in total. The van der Waals surface area contributed by atoms with Crippen molar-refractivity contribution in [2.24, 2.45) is 5.41 Å². The van der Waals surface area contributed by atoms with E-state index in [0.29, 0.717) is 21.9 Å². The van der Waals surface area contributed by atoms with Crippen LogP contribution >= 0.6 is 0 Å². The number of hydrogen-bond acceptors (Lipinski definition) is 2. The zero-order valence-corrected chi connectivity index (χ0v) is 17.2. The van der Waals surface area contributed by atoms with E-state index < -0.39 is 19.1 Å². The number of fused-ring (bicyclic) bond motifs is 1. The van der Waals surface area contributed by atoms with E-state index in [-0.39, 0.29) is 11.5 Å². The summed E-state index contributed by atoms with van der Waals surface area (Å²) >= 11 is 0. The molecular weight excluding hydrogens is 308 g/mol. The fraction of sp³-hybridized carbons (Fsp3) is 0.889. The number of rotatable bonds is 5. The van der Waals surface area contributed by atoms with Gasteiger partial charge in [0.15, 0.2) is 0 Å². The zero-order chi connectivity index (χ0) is 16.7. The first-order valence-corrected chi connectivity index (χ1v) is 12.4. The standard InChI is InChI=1S/C18H34O2SSi/c1-13(2)22(14(3)4,15(5)6)20-16-12-21(19)17-10-8-9-11-18(16,17)7/h9,11,13-17H,8,10,12H2,1-7H3/t16-,17-,18-,21?/m0/s1. The van der Waals surface area contributed by atoms with Gasteiger partial charge in [-0.1, -0.05) is 60.6 Å². The smallest absolute Gasteiger partial charge is 0.200 e. The van der Waals surface area contributed by atoms with Gasteiger partial charge in [0.25, 0.3) is 0 Å². The topological polar surface area (TPSA) is 26.3 Å². The van der Waals surface area contributed by atoms with Crippen LogP contribution in [-0.4, -0.2) is 29.6 Å². The van der Waals surface area contributed by atoms with Crippen LogP contribution in [0.25, 0.3) is 0 Å². The summed E-state index contributed by atoms with van der Waals surface area (Å²) < 4.78 is 19.7. The Bertz CT molecular complexity index is 436. The molecule has 0 radical (unpaired) electrons. The molecule has 128 valence electrons. The van der Waals surface area contributed by atoms with Gasteiger partial charge in [0.05, 0.1) is 6.10 Å². The zero-order valence-electron chi connectivity index (χ0n) is 15.4. The Morgan fingerprint density at radius 3 is 2.18 bits per heavy atom. The Labute approximate surface area is 140 Å². The summed E-state index contributed by atoms with van der Waals surface area (Å²) in [5.41, 5.74) is 1.71. The van der Waals surface area contributed by atoms with E-state index in [0.717, 1.165) is 18.6 Å². The van der Waals surface area contributed by atoms with Gasteiger partial charge in [0.2, 0.25) is 8.32 Å². The summed E-state index contributed by atoms with van der Waals surface area (Å²) in [6.07, 6.45) is 6.85. The van der Waals surface area contributed by atoms with Crippen LogP contribution in [0.3, 0.4) is 0 Å². The van der Waals surface area contributed by atoms with E-state index in [2.05, 4.69) is 60.6 Å². The Morgan fingerprint density at radius 1 is 1.14 bits per heavy atom. The molecule has 22 heavy (non-hydrogen) atoms. The minimum atomic E-state index is -1.91. The molecule has 1 aliphatic heterocycles. The highest BCUT2D eigenvalue weighted by atomic mass is 32.2. The van der Waals surface area contributed by atoms with Crippen LogP contribution in [0.2, 0.25) is 16.6 Å². The SMILES string of the molecule is CC(C)[Si](O[C@H]1CS(=O)[C@H]2CCC=C[C@@]12C)(C(C)C)C(C)C. The molecule has 0 bridgehead atoms. The molecule has 2 aliphatic rings. The molecule has 0 saturated carbocycles. The summed E-state index contributed by atoms with van der Waals surface area (Å²) in [6, 6.07) is 0. The monoisotopic (exact) mass is 342 g/mol. The van der Waals surface area contributed by atoms with Crippen molar-refractivity contribution in [1.29, 1.82) is 0 Å². The first-order chi connectivity index (χ1) is 10.2. The van der Waals surface area contributed by atoms with E-state index in [9.17, 15) is 4.21 Å². The first kappa shape index (κ1) is 18.4. The average Bonchev–Trinajstić information content (AvgIpc) is 2.66. The molecule has 1 fully saturated rings.